The summed E-state index contributed by atoms with van der Waals surface area (Å²) in [5, 5.41) is 7.32. The van der Waals surface area contributed by atoms with Gasteiger partial charge in [0.1, 0.15) is 17.6 Å². The second kappa shape index (κ2) is 8.65. The topological polar surface area (TPSA) is 74.0 Å². The molecule has 4 aromatic rings. The van der Waals surface area contributed by atoms with Crippen molar-refractivity contribution in [3.8, 4) is 5.75 Å². The predicted molar refractivity (Wildman–Crippen MR) is 113 cm³/mol. The largest absolute Gasteiger partial charge is 0.497 e. The Hall–Kier alpha value is -3.87. The Morgan fingerprint density at radius 3 is 2.43 bits per heavy atom. The molecule has 152 valence electrons. The van der Waals surface area contributed by atoms with Crippen LogP contribution < -0.4 is 10.1 Å². The summed E-state index contributed by atoms with van der Waals surface area (Å²) < 4.78 is 9.00. The normalized spacial score (nSPS) is 11.8. The van der Waals surface area contributed by atoms with Crippen LogP contribution in [0.4, 0.5) is 0 Å². The molecule has 2 aromatic carbocycles. The molecular weight excluding hydrogens is 378 g/mol. The average Bonchev–Trinajstić information content (AvgIpc) is 3.44. The van der Waals surface area contributed by atoms with Gasteiger partial charge >= 0.3 is 0 Å². The van der Waals surface area contributed by atoms with Gasteiger partial charge in [-0.2, -0.15) is 5.10 Å². The number of aromatic nitrogens is 4. The number of aryl methyl sites for hydroxylation is 1. The zero-order chi connectivity index (χ0) is 20.9. The summed E-state index contributed by atoms with van der Waals surface area (Å²) in [5.41, 5.74) is 2.59. The molecule has 0 aliphatic rings. The zero-order valence-electron chi connectivity index (χ0n) is 16.9. The maximum Gasteiger partial charge on any atom is 0.252 e. The second-order valence-electron chi connectivity index (χ2n) is 6.98. The van der Waals surface area contributed by atoms with Crippen LogP contribution in [0.25, 0.3) is 0 Å². The van der Waals surface area contributed by atoms with E-state index in [9.17, 15) is 4.79 Å². The van der Waals surface area contributed by atoms with Gasteiger partial charge in [0.05, 0.1) is 13.7 Å². The van der Waals surface area contributed by atoms with Crippen LogP contribution in [0.5, 0.6) is 5.75 Å². The summed E-state index contributed by atoms with van der Waals surface area (Å²) in [4.78, 5) is 17.4. The van der Waals surface area contributed by atoms with Crippen LogP contribution in [-0.2, 0) is 13.6 Å². The van der Waals surface area contributed by atoms with E-state index in [1.807, 2.05) is 83.3 Å². The van der Waals surface area contributed by atoms with E-state index in [0.717, 1.165) is 22.7 Å². The molecule has 4 rings (SSSR count). The molecule has 7 heteroatoms. The number of carbonyl (C=O) groups excluding carboxylic acids is 1. The van der Waals surface area contributed by atoms with E-state index in [4.69, 9.17) is 4.74 Å². The van der Waals surface area contributed by atoms with Crippen molar-refractivity contribution < 1.29 is 9.53 Å². The second-order valence-corrected chi connectivity index (χ2v) is 6.98. The molecule has 0 bridgehead atoms. The average molecular weight is 401 g/mol. The molecule has 1 N–H and O–H groups in total. The Morgan fingerprint density at radius 1 is 1.07 bits per heavy atom. The fourth-order valence-corrected chi connectivity index (χ4v) is 3.31. The lowest BCUT2D eigenvalue weighted by Gasteiger charge is -2.19. The first-order valence-electron chi connectivity index (χ1n) is 9.62. The van der Waals surface area contributed by atoms with Gasteiger partial charge in [0.25, 0.3) is 5.91 Å². The number of imidazole rings is 1. The molecule has 0 saturated carbocycles. The zero-order valence-corrected chi connectivity index (χ0v) is 16.9. The summed E-state index contributed by atoms with van der Waals surface area (Å²) in [6.07, 6.45) is 7.25. The van der Waals surface area contributed by atoms with Crippen molar-refractivity contribution >= 4 is 5.91 Å². The Balaban J connectivity index is 1.54. The molecule has 1 atom stereocenters. The molecule has 2 heterocycles. The number of amides is 1. The van der Waals surface area contributed by atoms with Crippen LogP contribution in [0.15, 0.2) is 79.4 Å². The van der Waals surface area contributed by atoms with Crippen LogP contribution in [-0.4, -0.2) is 32.3 Å². The highest BCUT2D eigenvalue weighted by molar-refractivity contribution is 5.94. The summed E-state index contributed by atoms with van der Waals surface area (Å²) in [6.45, 7) is 0.663. The van der Waals surface area contributed by atoms with Crippen molar-refractivity contribution in [2.75, 3.05) is 7.11 Å². The molecule has 0 spiro atoms. The van der Waals surface area contributed by atoms with Crippen LogP contribution in [0.3, 0.4) is 0 Å². The van der Waals surface area contributed by atoms with E-state index in [2.05, 4.69) is 15.4 Å². The Kier molecular flexibility index (Phi) is 5.61. The maximum absolute atomic E-state index is 13.0. The minimum absolute atomic E-state index is 0.163. The van der Waals surface area contributed by atoms with Gasteiger partial charge in [-0.15, -0.1) is 0 Å². The van der Waals surface area contributed by atoms with Gasteiger partial charge in [-0.25, -0.2) is 4.98 Å². The van der Waals surface area contributed by atoms with Gasteiger partial charge in [-0.1, -0.05) is 24.3 Å². The number of methoxy groups -OCH3 is 1. The SMILES string of the molecule is COc1ccc(C(NC(=O)c2ccc(Cn3cccn3)cc2)c2nccn2C)cc1. The van der Waals surface area contributed by atoms with E-state index >= 15 is 0 Å². The first kappa shape index (κ1) is 19.4. The number of nitrogens with one attached hydrogen (secondary N) is 1. The van der Waals surface area contributed by atoms with Gasteiger partial charge in [0.15, 0.2) is 0 Å². The third-order valence-electron chi connectivity index (χ3n) is 4.96. The smallest absolute Gasteiger partial charge is 0.252 e. The highest BCUT2D eigenvalue weighted by Gasteiger charge is 2.21. The van der Waals surface area contributed by atoms with Crippen molar-refractivity contribution in [3.63, 3.8) is 0 Å². The number of ether oxygens (including phenoxy) is 1. The molecule has 0 aliphatic heterocycles. The molecule has 2 aromatic heterocycles. The quantitative estimate of drug-likeness (QED) is 0.516. The van der Waals surface area contributed by atoms with E-state index < -0.39 is 0 Å². The van der Waals surface area contributed by atoms with Crippen molar-refractivity contribution in [3.05, 3.63) is 102 Å². The summed E-state index contributed by atoms with van der Waals surface area (Å²) in [7, 11) is 3.54. The fourth-order valence-electron chi connectivity index (χ4n) is 3.31. The molecule has 1 unspecified atom stereocenters. The third kappa shape index (κ3) is 4.25. The molecule has 0 radical (unpaired) electrons. The van der Waals surface area contributed by atoms with Crippen LogP contribution >= 0.6 is 0 Å². The Bertz CT molecular complexity index is 1100. The van der Waals surface area contributed by atoms with Gasteiger partial charge < -0.3 is 14.6 Å². The van der Waals surface area contributed by atoms with E-state index in [0.29, 0.717) is 12.1 Å². The lowest BCUT2D eigenvalue weighted by atomic mass is 10.0. The number of hydrogen-bond acceptors (Lipinski definition) is 4. The maximum atomic E-state index is 13.0. The number of rotatable bonds is 7. The molecule has 7 nitrogen and oxygen atoms in total. The predicted octanol–water partition coefficient (Wildman–Crippen LogP) is 3.19. The molecular formula is C23H23N5O2. The Labute approximate surface area is 174 Å². The number of nitrogens with zero attached hydrogens (tertiary/aromatic N) is 4. The van der Waals surface area contributed by atoms with Crippen LogP contribution in [0, 0.1) is 0 Å². The Morgan fingerprint density at radius 2 is 1.83 bits per heavy atom. The first-order chi connectivity index (χ1) is 14.6. The van der Waals surface area contributed by atoms with Crippen LogP contribution in [0.1, 0.15) is 33.4 Å². The number of hydrogen-bond donors (Lipinski definition) is 1. The first-order valence-corrected chi connectivity index (χ1v) is 9.62. The summed E-state index contributed by atoms with van der Waals surface area (Å²) in [6, 6.07) is 16.7. The lowest BCUT2D eigenvalue weighted by Crippen LogP contribution is -2.31. The van der Waals surface area contributed by atoms with Gasteiger partial charge in [-0.05, 0) is 41.5 Å². The van der Waals surface area contributed by atoms with Gasteiger partial charge in [0.2, 0.25) is 0 Å². The van der Waals surface area contributed by atoms with Crippen LogP contribution in [0.2, 0.25) is 0 Å². The van der Waals surface area contributed by atoms with Gasteiger partial charge in [0, 0.05) is 37.4 Å². The fraction of sp³-hybridized carbons (Fsp3) is 0.174. The lowest BCUT2D eigenvalue weighted by molar-refractivity contribution is 0.0941. The molecule has 0 fully saturated rings. The third-order valence-corrected chi connectivity index (χ3v) is 4.96. The number of carbonyl (C=O) groups is 1. The van der Waals surface area contributed by atoms with Crippen molar-refractivity contribution in [2.24, 2.45) is 7.05 Å². The van der Waals surface area contributed by atoms with E-state index in [1.165, 1.54) is 0 Å². The van der Waals surface area contributed by atoms with Crippen molar-refractivity contribution in [1.29, 1.82) is 0 Å². The summed E-state index contributed by atoms with van der Waals surface area (Å²) >= 11 is 0. The van der Waals surface area contributed by atoms with E-state index in [1.54, 1.807) is 19.5 Å². The standard InChI is InChI=1S/C23H23N5O2/c1-27-15-13-24-22(27)21(18-8-10-20(30-2)11-9-18)26-23(29)19-6-4-17(5-7-19)16-28-14-3-12-25-28/h3-15,21H,16H2,1-2H3,(H,26,29). The highest BCUT2D eigenvalue weighted by Crippen LogP contribution is 2.23. The number of benzene rings is 2. The monoisotopic (exact) mass is 401 g/mol. The molecule has 1 amide bonds. The van der Waals surface area contributed by atoms with Crippen molar-refractivity contribution in [2.45, 2.75) is 12.6 Å². The molecule has 0 aliphatic carbocycles. The highest BCUT2D eigenvalue weighted by atomic mass is 16.5. The van der Waals surface area contributed by atoms with E-state index in [-0.39, 0.29) is 11.9 Å². The van der Waals surface area contributed by atoms with Gasteiger partial charge in [-0.3, -0.25) is 9.48 Å². The van der Waals surface area contributed by atoms with Crippen molar-refractivity contribution in [1.82, 2.24) is 24.6 Å². The minimum Gasteiger partial charge on any atom is -0.497 e. The minimum atomic E-state index is -0.382. The molecule has 30 heavy (non-hydrogen) atoms. The summed E-state index contributed by atoms with van der Waals surface area (Å²) in [5.74, 6) is 1.35. The molecule has 0 saturated heterocycles.